The van der Waals surface area contributed by atoms with Crippen LogP contribution in [0, 0.1) is 0 Å². The topological polar surface area (TPSA) is 58.5 Å². The minimum atomic E-state index is -0.285. The van der Waals surface area contributed by atoms with Crippen LogP contribution in [0.4, 0.5) is 16.2 Å². The summed E-state index contributed by atoms with van der Waals surface area (Å²) in [5, 5.41) is 6.97. The average Bonchev–Trinajstić information content (AvgIpc) is 3.09. The van der Waals surface area contributed by atoms with E-state index in [-0.39, 0.29) is 6.03 Å². The number of likely N-dealkylation sites (N-methyl/N-ethyl adjacent to an activating group) is 1. The second-order valence-electron chi connectivity index (χ2n) is 8.07. The summed E-state index contributed by atoms with van der Waals surface area (Å²) in [7, 11) is 6.19. The third kappa shape index (κ3) is 5.28. The number of aromatic nitrogens is 1. The highest BCUT2D eigenvalue weighted by atomic mass is 16.5. The number of amides is 2. The molecule has 2 amide bonds. The number of carbonyl (C=O) groups excluding carboxylic acids is 1. The summed E-state index contributed by atoms with van der Waals surface area (Å²) in [6.07, 6.45) is 3.12. The van der Waals surface area contributed by atoms with Gasteiger partial charge in [0.25, 0.3) is 0 Å². The average molecular weight is 429 g/mol. The third-order valence-corrected chi connectivity index (χ3v) is 5.25. The molecule has 1 heterocycles. The van der Waals surface area contributed by atoms with Crippen molar-refractivity contribution in [1.29, 1.82) is 0 Å². The molecule has 0 atom stereocenters. The molecule has 0 aliphatic rings. The molecule has 0 bridgehead atoms. The zero-order valence-electron chi connectivity index (χ0n) is 18.6. The van der Waals surface area contributed by atoms with E-state index in [2.05, 4.69) is 40.4 Å². The molecule has 32 heavy (non-hydrogen) atoms. The van der Waals surface area contributed by atoms with E-state index in [0.717, 1.165) is 35.3 Å². The monoisotopic (exact) mass is 428 g/mol. The van der Waals surface area contributed by atoms with Gasteiger partial charge in [-0.2, -0.15) is 0 Å². The minimum absolute atomic E-state index is 0.285. The molecule has 6 nitrogen and oxygen atoms in total. The minimum Gasteiger partial charge on any atom is -0.457 e. The summed E-state index contributed by atoms with van der Waals surface area (Å²) < 4.78 is 7.92. The first kappa shape index (κ1) is 21.5. The van der Waals surface area contributed by atoms with Crippen LogP contribution in [0.3, 0.4) is 0 Å². The fourth-order valence-corrected chi connectivity index (χ4v) is 3.62. The van der Waals surface area contributed by atoms with Crippen molar-refractivity contribution in [1.82, 2.24) is 9.47 Å². The Morgan fingerprint density at radius 2 is 1.56 bits per heavy atom. The van der Waals surface area contributed by atoms with Crippen molar-refractivity contribution in [3.05, 3.63) is 84.6 Å². The number of hydrogen-bond acceptors (Lipinski definition) is 3. The molecule has 0 saturated carbocycles. The van der Waals surface area contributed by atoms with Crippen LogP contribution in [-0.4, -0.2) is 36.1 Å². The Morgan fingerprint density at radius 3 is 2.28 bits per heavy atom. The van der Waals surface area contributed by atoms with Crippen molar-refractivity contribution < 1.29 is 9.53 Å². The highest BCUT2D eigenvalue weighted by molar-refractivity contribution is 6.01. The van der Waals surface area contributed by atoms with Crippen LogP contribution >= 0.6 is 0 Å². The molecular formula is C26H28N4O2. The smallest absolute Gasteiger partial charge is 0.323 e. The van der Waals surface area contributed by atoms with Crippen LogP contribution in [-0.2, 0) is 13.5 Å². The number of urea groups is 1. The molecule has 6 heteroatoms. The van der Waals surface area contributed by atoms with Gasteiger partial charge in [-0.15, -0.1) is 0 Å². The van der Waals surface area contributed by atoms with Crippen LogP contribution in [0.15, 0.2) is 79.0 Å². The number of ether oxygens (including phenoxy) is 1. The largest absolute Gasteiger partial charge is 0.457 e. The Kier molecular flexibility index (Phi) is 6.42. The number of aryl methyl sites for hydroxylation is 1. The first-order valence-electron chi connectivity index (χ1n) is 10.6. The van der Waals surface area contributed by atoms with Gasteiger partial charge in [0.1, 0.15) is 11.5 Å². The Bertz CT molecular complexity index is 1200. The first-order chi connectivity index (χ1) is 15.5. The molecule has 4 aromatic rings. The van der Waals surface area contributed by atoms with Gasteiger partial charge in [-0.1, -0.05) is 18.2 Å². The van der Waals surface area contributed by atoms with Gasteiger partial charge < -0.3 is 24.8 Å². The van der Waals surface area contributed by atoms with Crippen LogP contribution < -0.4 is 15.4 Å². The lowest BCUT2D eigenvalue weighted by Crippen LogP contribution is -2.19. The maximum absolute atomic E-state index is 12.5. The van der Waals surface area contributed by atoms with Crippen molar-refractivity contribution in [3.63, 3.8) is 0 Å². The maximum Gasteiger partial charge on any atom is 0.323 e. The molecule has 0 aliphatic carbocycles. The number of rotatable bonds is 7. The number of nitrogens with zero attached hydrogens (tertiary/aromatic N) is 2. The summed E-state index contributed by atoms with van der Waals surface area (Å²) in [5.74, 6) is 1.48. The van der Waals surface area contributed by atoms with Crippen LogP contribution in [0.2, 0.25) is 0 Å². The molecule has 2 N–H and O–H groups in total. The highest BCUT2D eigenvalue weighted by Gasteiger charge is 2.10. The van der Waals surface area contributed by atoms with Crippen molar-refractivity contribution in [3.8, 4) is 11.5 Å². The van der Waals surface area contributed by atoms with Crippen molar-refractivity contribution >= 4 is 28.3 Å². The molecule has 0 spiro atoms. The van der Waals surface area contributed by atoms with Gasteiger partial charge >= 0.3 is 6.03 Å². The molecule has 1 aromatic heterocycles. The molecular weight excluding hydrogens is 400 g/mol. The van der Waals surface area contributed by atoms with Crippen molar-refractivity contribution in [2.75, 3.05) is 31.3 Å². The summed E-state index contributed by atoms with van der Waals surface area (Å²) >= 11 is 0. The Labute approximate surface area is 188 Å². The molecule has 4 rings (SSSR count). The Hall–Kier alpha value is -3.77. The zero-order chi connectivity index (χ0) is 22.5. The Balaban J connectivity index is 1.40. The van der Waals surface area contributed by atoms with Crippen LogP contribution in [0.25, 0.3) is 10.9 Å². The fraction of sp³-hybridized carbons (Fsp3) is 0.192. The lowest BCUT2D eigenvalue weighted by atomic mass is 10.1. The zero-order valence-corrected chi connectivity index (χ0v) is 18.6. The Morgan fingerprint density at radius 1 is 0.906 bits per heavy atom. The van der Waals surface area contributed by atoms with Crippen molar-refractivity contribution in [2.45, 2.75) is 6.42 Å². The van der Waals surface area contributed by atoms with Gasteiger partial charge in [0.05, 0.1) is 0 Å². The van der Waals surface area contributed by atoms with Gasteiger partial charge in [-0.25, -0.2) is 4.79 Å². The molecule has 3 aromatic carbocycles. The normalized spacial score (nSPS) is 11.0. The summed E-state index contributed by atoms with van der Waals surface area (Å²) in [5.41, 5.74) is 3.87. The van der Waals surface area contributed by atoms with E-state index >= 15 is 0 Å². The van der Waals surface area contributed by atoms with Gasteiger partial charge in [0, 0.05) is 42.1 Å². The molecule has 0 aliphatic heterocycles. The number of anilines is 2. The van der Waals surface area contributed by atoms with E-state index in [4.69, 9.17) is 4.74 Å². The van der Waals surface area contributed by atoms with Crippen LogP contribution in [0.5, 0.6) is 11.5 Å². The summed E-state index contributed by atoms with van der Waals surface area (Å²) in [6, 6.07) is 22.6. The second-order valence-corrected chi connectivity index (χ2v) is 8.07. The van der Waals surface area contributed by atoms with E-state index < -0.39 is 0 Å². The van der Waals surface area contributed by atoms with Gasteiger partial charge in [0.2, 0.25) is 0 Å². The van der Waals surface area contributed by atoms with E-state index in [9.17, 15) is 4.79 Å². The maximum atomic E-state index is 12.5. The number of benzene rings is 3. The first-order valence-corrected chi connectivity index (χ1v) is 10.6. The number of para-hydroxylation sites is 1. The van der Waals surface area contributed by atoms with E-state index in [0.29, 0.717) is 11.4 Å². The standard InChI is InChI=1S/C26H28N4O2/c1-29(2)16-15-19-18-30(3)25-14-11-21(17-24(19)25)28-26(31)27-20-9-12-23(13-10-20)32-22-7-5-4-6-8-22/h4-14,17-18H,15-16H2,1-3H3,(H2,27,28,31). The lowest BCUT2D eigenvalue weighted by Gasteiger charge is -2.10. The number of nitrogens with one attached hydrogen (secondary N) is 2. The molecule has 0 saturated heterocycles. The van der Waals surface area contributed by atoms with Gasteiger partial charge in [0.15, 0.2) is 0 Å². The molecule has 164 valence electrons. The summed E-state index contributed by atoms with van der Waals surface area (Å²) in [6.45, 7) is 0.973. The van der Waals surface area contributed by atoms with Crippen LogP contribution in [0.1, 0.15) is 5.56 Å². The third-order valence-electron chi connectivity index (χ3n) is 5.25. The molecule has 0 radical (unpaired) electrons. The number of fused-ring (bicyclic) bond motifs is 1. The molecule has 0 unspecified atom stereocenters. The summed E-state index contributed by atoms with van der Waals surface area (Å²) in [4.78, 5) is 14.7. The van der Waals surface area contributed by atoms with Gasteiger partial charge in [-0.05, 0) is 80.7 Å². The second kappa shape index (κ2) is 9.58. The predicted molar refractivity (Wildman–Crippen MR) is 131 cm³/mol. The van der Waals surface area contributed by atoms with E-state index in [1.807, 2.05) is 79.8 Å². The number of hydrogen-bond donors (Lipinski definition) is 2. The van der Waals surface area contributed by atoms with E-state index in [1.165, 1.54) is 5.56 Å². The van der Waals surface area contributed by atoms with Gasteiger partial charge in [-0.3, -0.25) is 0 Å². The van der Waals surface area contributed by atoms with E-state index in [1.54, 1.807) is 0 Å². The predicted octanol–water partition coefficient (Wildman–Crippen LogP) is 5.72. The fourth-order valence-electron chi connectivity index (χ4n) is 3.62. The quantitative estimate of drug-likeness (QED) is 0.396. The van der Waals surface area contributed by atoms with Crippen molar-refractivity contribution in [2.24, 2.45) is 7.05 Å². The molecule has 0 fully saturated rings. The number of carbonyl (C=O) groups is 1. The lowest BCUT2D eigenvalue weighted by molar-refractivity contribution is 0.262. The highest BCUT2D eigenvalue weighted by Crippen LogP contribution is 2.26. The SMILES string of the molecule is CN(C)CCc1cn(C)c2ccc(NC(=O)Nc3ccc(Oc4ccccc4)cc3)cc12.